The van der Waals surface area contributed by atoms with Gasteiger partial charge in [-0.2, -0.15) is 0 Å². The molecule has 94 valence electrons. The fourth-order valence-corrected chi connectivity index (χ4v) is 2.35. The van der Waals surface area contributed by atoms with Crippen LogP contribution in [0.4, 0.5) is 5.82 Å². The van der Waals surface area contributed by atoms with Gasteiger partial charge < -0.3 is 10.3 Å². The Kier molecular flexibility index (Phi) is 3.05. The number of benzene rings is 1. The number of halogens is 1. The van der Waals surface area contributed by atoms with Crippen molar-refractivity contribution < 1.29 is 4.52 Å². The van der Waals surface area contributed by atoms with E-state index in [0.717, 1.165) is 15.7 Å². The highest BCUT2D eigenvalue weighted by Gasteiger charge is 2.19. The second kappa shape index (κ2) is 4.85. The Morgan fingerprint density at radius 1 is 1.05 bits per heavy atom. The Balaban J connectivity index is 2.23. The SMILES string of the molecule is Nc1noc(-c2ccccc2Br)c1-c1ccccn1. The number of pyridine rings is 1. The fraction of sp³-hybridized carbons (Fsp3) is 0. The van der Waals surface area contributed by atoms with Crippen molar-refractivity contribution in [2.45, 2.75) is 0 Å². The van der Waals surface area contributed by atoms with E-state index >= 15 is 0 Å². The van der Waals surface area contributed by atoms with Crippen LogP contribution >= 0.6 is 15.9 Å². The summed E-state index contributed by atoms with van der Waals surface area (Å²) in [4.78, 5) is 4.30. The summed E-state index contributed by atoms with van der Waals surface area (Å²) in [5.74, 6) is 0.952. The molecule has 2 N–H and O–H groups in total. The van der Waals surface area contributed by atoms with Crippen LogP contribution in [-0.2, 0) is 0 Å². The Morgan fingerprint density at radius 3 is 2.58 bits per heavy atom. The molecule has 5 heteroatoms. The number of nitrogen functional groups attached to an aromatic ring is 1. The first-order valence-electron chi connectivity index (χ1n) is 5.69. The lowest BCUT2D eigenvalue weighted by Gasteiger charge is -2.03. The molecule has 2 heterocycles. The third-order valence-corrected chi connectivity index (χ3v) is 3.45. The second-order valence-corrected chi connectivity index (χ2v) is 4.82. The maximum atomic E-state index is 5.90. The lowest BCUT2D eigenvalue weighted by molar-refractivity contribution is 0.436. The van der Waals surface area contributed by atoms with Crippen LogP contribution in [0.3, 0.4) is 0 Å². The quantitative estimate of drug-likeness (QED) is 0.782. The van der Waals surface area contributed by atoms with Gasteiger partial charge in [-0.1, -0.05) is 39.3 Å². The highest BCUT2D eigenvalue weighted by molar-refractivity contribution is 9.10. The number of aromatic nitrogens is 2. The topological polar surface area (TPSA) is 64.9 Å². The molecule has 0 aliphatic rings. The molecule has 3 rings (SSSR count). The van der Waals surface area contributed by atoms with Crippen LogP contribution < -0.4 is 5.73 Å². The molecular weight excluding hydrogens is 306 g/mol. The zero-order chi connectivity index (χ0) is 13.2. The van der Waals surface area contributed by atoms with E-state index < -0.39 is 0 Å². The molecule has 0 aliphatic heterocycles. The summed E-state index contributed by atoms with van der Waals surface area (Å²) in [6, 6.07) is 13.4. The predicted molar refractivity (Wildman–Crippen MR) is 77.3 cm³/mol. The fourth-order valence-electron chi connectivity index (χ4n) is 1.89. The normalized spacial score (nSPS) is 10.6. The van der Waals surface area contributed by atoms with Gasteiger partial charge in [0.05, 0.1) is 11.3 Å². The van der Waals surface area contributed by atoms with Gasteiger partial charge in [-0.3, -0.25) is 4.98 Å². The summed E-state index contributed by atoms with van der Waals surface area (Å²) < 4.78 is 6.29. The van der Waals surface area contributed by atoms with E-state index in [-0.39, 0.29) is 0 Å². The van der Waals surface area contributed by atoms with Crippen LogP contribution in [-0.4, -0.2) is 10.1 Å². The summed E-state index contributed by atoms with van der Waals surface area (Å²) >= 11 is 3.50. The van der Waals surface area contributed by atoms with Gasteiger partial charge in [0, 0.05) is 16.2 Å². The molecule has 19 heavy (non-hydrogen) atoms. The van der Waals surface area contributed by atoms with Gasteiger partial charge in [-0.25, -0.2) is 0 Å². The average Bonchev–Trinajstić information content (AvgIpc) is 2.82. The van der Waals surface area contributed by atoms with Crippen LogP contribution in [0.1, 0.15) is 0 Å². The van der Waals surface area contributed by atoms with Crippen molar-refractivity contribution in [3.8, 4) is 22.6 Å². The van der Waals surface area contributed by atoms with E-state index in [4.69, 9.17) is 10.3 Å². The molecule has 0 spiro atoms. The molecule has 0 unspecified atom stereocenters. The van der Waals surface area contributed by atoms with Gasteiger partial charge in [0.2, 0.25) is 0 Å². The largest absolute Gasteiger partial charge is 0.380 e. The highest BCUT2D eigenvalue weighted by Crippen LogP contribution is 2.38. The standard InChI is InChI=1S/C14H10BrN3O/c15-10-6-2-1-5-9(10)13-12(14(16)18-19-13)11-7-3-4-8-17-11/h1-8H,(H2,16,18). The third kappa shape index (κ3) is 2.13. The molecule has 0 amide bonds. The van der Waals surface area contributed by atoms with Crippen molar-refractivity contribution in [3.63, 3.8) is 0 Å². The van der Waals surface area contributed by atoms with Crippen molar-refractivity contribution in [2.24, 2.45) is 0 Å². The van der Waals surface area contributed by atoms with Gasteiger partial charge in [-0.05, 0) is 24.3 Å². The highest BCUT2D eigenvalue weighted by atomic mass is 79.9. The molecule has 0 atom stereocenters. The minimum absolute atomic E-state index is 0.337. The van der Waals surface area contributed by atoms with Gasteiger partial charge in [0.15, 0.2) is 11.6 Å². The summed E-state index contributed by atoms with van der Waals surface area (Å²) in [5.41, 5.74) is 8.25. The average molecular weight is 316 g/mol. The van der Waals surface area contributed by atoms with E-state index in [0.29, 0.717) is 17.1 Å². The third-order valence-electron chi connectivity index (χ3n) is 2.76. The number of anilines is 1. The molecule has 4 nitrogen and oxygen atoms in total. The van der Waals surface area contributed by atoms with E-state index in [9.17, 15) is 0 Å². The molecule has 0 aliphatic carbocycles. The number of hydrogen-bond acceptors (Lipinski definition) is 4. The first kappa shape index (κ1) is 11.9. The minimum atomic E-state index is 0.337. The van der Waals surface area contributed by atoms with Crippen LogP contribution in [0.5, 0.6) is 0 Å². The summed E-state index contributed by atoms with van der Waals surface area (Å²) in [6.07, 6.45) is 1.71. The van der Waals surface area contributed by atoms with Crippen LogP contribution in [0.2, 0.25) is 0 Å². The molecular formula is C14H10BrN3O. The smallest absolute Gasteiger partial charge is 0.179 e. The number of rotatable bonds is 2. The number of nitrogens with two attached hydrogens (primary N) is 1. The molecule has 2 aromatic heterocycles. The van der Waals surface area contributed by atoms with E-state index in [1.54, 1.807) is 6.20 Å². The Hall–Kier alpha value is -2.14. The van der Waals surface area contributed by atoms with Crippen LogP contribution in [0.25, 0.3) is 22.6 Å². The van der Waals surface area contributed by atoms with E-state index in [1.807, 2.05) is 42.5 Å². The second-order valence-electron chi connectivity index (χ2n) is 3.97. The summed E-state index contributed by atoms with van der Waals surface area (Å²) in [6.45, 7) is 0. The molecule has 0 saturated carbocycles. The van der Waals surface area contributed by atoms with Crippen LogP contribution in [0, 0.1) is 0 Å². The lowest BCUT2D eigenvalue weighted by Crippen LogP contribution is -1.90. The molecule has 0 saturated heterocycles. The predicted octanol–water partition coefficient (Wildman–Crippen LogP) is 3.75. The molecule has 0 bridgehead atoms. The van der Waals surface area contributed by atoms with E-state index in [1.165, 1.54) is 0 Å². The molecule has 3 aromatic rings. The number of nitrogens with zero attached hydrogens (tertiary/aromatic N) is 2. The molecule has 0 radical (unpaired) electrons. The summed E-state index contributed by atoms with van der Waals surface area (Å²) in [5, 5.41) is 3.85. The van der Waals surface area contributed by atoms with Crippen LogP contribution in [0.15, 0.2) is 57.7 Å². The van der Waals surface area contributed by atoms with Gasteiger partial charge in [0.25, 0.3) is 0 Å². The van der Waals surface area contributed by atoms with Gasteiger partial charge in [-0.15, -0.1) is 0 Å². The van der Waals surface area contributed by atoms with Crippen molar-refractivity contribution in [3.05, 3.63) is 53.1 Å². The first-order chi connectivity index (χ1) is 9.27. The zero-order valence-electron chi connectivity index (χ0n) is 9.88. The van der Waals surface area contributed by atoms with Crippen molar-refractivity contribution in [2.75, 3.05) is 5.73 Å². The monoisotopic (exact) mass is 315 g/mol. The maximum Gasteiger partial charge on any atom is 0.179 e. The number of hydrogen-bond donors (Lipinski definition) is 1. The van der Waals surface area contributed by atoms with E-state index in [2.05, 4.69) is 26.1 Å². The minimum Gasteiger partial charge on any atom is -0.380 e. The van der Waals surface area contributed by atoms with Gasteiger partial charge >= 0.3 is 0 Å². The van der Waals surface area contributed by atoms with Crippen molar-refractivity contribution >= 4 is 21.7 Å². The van der Waals surface area contributed by atoms with Crippen molar-refractivity contribution in [1.29, 1.82) is 0 Å². The Labute approximate surface area is 118 Å². The van der Waals surface area contributed by atoms with Crippen molar-refractivity contribution in [1.82, 2.24) is 10.1 Å². The van der Waals surface area contributed by atoms with Gasteiger partial charge in [0.1, 0.15) is 0 Å². The Morgan fingerprint density at radius 2 is 1.84 bits per heavy atom. The Bertz CT molecular complexity index is 710. The first-order valence-corrected chi connectivity index (χ1v) is 6.48. The summed E-state index contributed by atoms with van der Waals surface area (Å²) in [7, 11) is 0. The molecule has 1 aromatic carbocycles. The molecule has 0 fully saturated rings. The lowest BCUT2D eigenvalue weighted by atomic mass is 10.1. The maximum absolute atomic E-state index is 5.90. The zero-order valence-corrected chi connectivity index (χ0v) is 11.5.